The van der Waals surface area contributed by atoms with Crippen molar-refractivity contribution >= 4 is 27.5 Å². The molecule has 1 aliphatic rings. The monoisotopic (exact) mass is 282 g/mol. The zero-order valence-electron chi connectivity index (χ0n) is 9.29. The van der Waals surface area contributed by atoms with Gasteiger partial charge in [0.1, 0.15) is 0 Å². The molecule has 0 aromatic heterocycles. The van der Waals surface area contributed by atoms with E-state index in [1.807, 2.05) is 6.07 Å². The maximum atomic E-state index is 11.5. The second-order valence-electron chi connectivity index (χ2n) is 4.06. The van der Waals surface area contributed by atoms with Crippen molar-refractivity contribution in [2.24, 2.45) is 0 Å². The molecule has 1 amide bonds. The lowest BCUT2D eigenvalue weighted by Crippen LogP contribution is -2.33. The summed E-state index contributed by atoms with van der Waals surface area (Å²) in [5.41, 5.74) is 2.32. The molecule has 2 rings (SSSR count). The van der Waals surface area contributed by atoms with Crippen LogP contribution in [0.2, 0.25) is 0 Å². The van der Waals surface area contributed by atoms with Crippen LogP contribution in [-0.4, -0.2) is 25.5 Å². The Morgan fingerprint density at radius 2 is 2.25 bits per heavy atom. The van der Waals surface area contributed by atoms with Gasteiger partial charge in [0.25, 0.3) is 0 Å². The lowest BCUT2D eigenvalue weighted by atomic mass is 10.2. The Kier molecular flexibility index (Phi) is 3.49. The van der Waals surface area contributed by atoms with Crippen LogP contribution in [0.5, 0.6) is 0 Å². The van der Waals surface area contributed by atoms with Crippen LogP contribution in [0.4, 0.5) is 5.69 Å². The second kappa shape index (κ2) is 4.87. The molecular formula is C12H15BrN2O. The van der Waals surface area contributed by atoms with Gasteiger partial charge in [-0.05, 0) is 37.1 Å². The summed E-state index contributed by atoms with van der Waals surface area (Å²) in [5.74, 6) is 0.109. The smallest absolute Gasteiger partial charge is 0.239 e. The maximum absolute atomic E-state index is 11.5. The molecule has 1 aromatic carbocycles. The minimum absolute atomic E-state index is 0.109. The van der Waals surface area contributed by atoms with Crippen LogP contribution < -0.4 is 10.2 Å². The Balaban J connectivity index is 2.21. The molecule has 0 bridgehead atoms. The van der Waals surface area contributed by atoms with E-state index in [0.29, 0.717) is 6.54 Å². The fourth-order valence-corrected chi connectivity index (χ4v) is 2.10. The molecule has 1 heterocycles. The van der Waals surface area contributed by atoms with E-state index in [4.69, 9.17) is 0 Å². The second-order valence-corrected chi connectivity index (χ2v) is 4.91. The summed E-state index contributed by atoms with van der Waals surface area (Å²) < 4.78 is 1.11. The molecule has 1 saturated heterocycles. The summed E-state index contributed by atoms with van der Waals surface area (Å²) >= 11 is 3.48. The van der Waals surface area contributed by atoms with E-state index >= 15 is 0 Å². The number of halogens is 1. The van der Waals surface area contributed by atoms with Crippen molar-refractivity contribution in [3.63, 3.8) is 0 Å². The highest BCUT2D eigenvalue weighted by Crippen LogP contribution is 2.23. The summed E-state index contributed by atoms with van der Waals surface area (Å²) in [4.78, 5) is 13.6. The molecule has 0 aliphatic carbocycles. The molecule has 1 fully saturated rings. The lowest BCUT2D eigenvalue weighted by Gasteiger charge is -2.21. The molecule has 86 valence electrons. The quantitative estimate of drug-likeness (QED) is 0.856. The predicted octanol–water partition coefficient (Wildman–Crippen LogP) is 2.08. The van der Waals surface area contributed by atoms with E-state index in [1.54, 1.807) is 0 Å². The van der Waals surface area contributed by atoms with Gasteiger partial charge in [0, 0.05) is 23.2 Å². The maximum Gasteiger partial charge on any atom is 0.239 e. The summed E-state index contributed by atoms with van der Waals surface area (Å²) in [5, 5.41) is 2.88. The number of amides is 1. The first-order valence-electron chi connectivity index (χ1n) is 5.44. The van der Waals surface area contributed by atoms with E-state index in [9.17, 15) is 4.79 Å². The number of benzene rings is 1. The highest BCUT2D eigenvalue weighted by Gasteiger charge is 2.15. The van der Waals surface area contributed by atoms with Crippen molar-refractivity contribution in [1.29, 1.82) is 0 Å². The number of anilines is 1. The van der Waals surface area contributed by atoms with E-state index in [-0.39, 0.29) is 5.91 Å². The summed E-state index contributed by atoms with van der Waals surface area (Å²) in [7, 11) is 0. The van der Waals surface area contributed by atoms with Gasteiger partial charge in [0.2, 0.25) is 5.91 Å². The van der Waals surface area contributed by atoms with Crippen LogP contribution in [-0.2, 0) is 4.79 Å². The highest BCUT2D eigenvalue weighted by atomic mass is 79.9. The van der Waals surface area contributed by atoms with Gasteiger partial charge >= 0.3 is 0 Å². The number of nitrogens with one attached hydrogen (secondary N) is 1. The van der Waals surface area contributed by atoms with Gasteiger partial charge < -0.3 is 10.2 Å². The molecule has 0 atom stereocenters. The molecule has 0 unspecified atom stereocenters. The van der Waals surface area contributed by atoms with Gasteiger partial charge in [0.05, 0.1) is 6.54 Å². The van der Waals surface area contributed by atoms with Gasteiger partial charge in [-0.3, -0.25) is 4.79 Å². The molecular weight excluding hydrogens is 268 g/mol. The molecule has 0 spiro atoms. The van der Waals surface area contributed by atoms with Gasteiger partial charge in [-0.25, -0.2) is 0 Å². The van der Waals surface area contributed by atoms with Crippen LogP contribution in [0.15, 0.2) is 22.7 Å². The molecule has 4 heteroatoms. The molecule has 1 aromatic rings. The third-order valence-corrected chi connectivity index (χ3v) is 3.66. The van der Waals surface area contributed by atoms with E-state index < -0.39 is 0 Å². The molecule has 1 N–H and O–H groups in total. The first kappa shape index (κ1) is 11.5. The van der Waals surface area contributed by atoms with Crippen molar-refractivity contribution in [2.75, 3.05) is 24.5 Å². The van der Waals surface area contributed by atoms with Crippen molar-refractivity contribution in [3.8, 4) is 0 Å². The molecule has 16 heavy (non-hydrogen) atoms. The molecule has 0 saturated carbocycles. The van der Waals surface area contributed by atoms with Crippen molar-refractivity contribution in [2.45, 2.75) is 13.3 Å². The number of aryl methyl sites for hydroxylation is 1. The third kappa shape index (κ3) is 2.55. The predicted molar refractivity (Wildman–Crippen MR) is 68.7 cm³/mol. The highest BCUT2D eigenvalue weighted by molar-refractivity contribution is 9.10. The minimum atomic E-state index is 0.109. The largest absolute Gasteiger partial charge is 0.362 e. The SMILES string of the molecule is Cc1cc(N2CCCNC(=O)C2)ccc1Br. The van der Waals surface area contributed by atoms with E-state index in [1.165, 1.54) is 5.56 Å². The van der Waals surface area contributed by atoms with E-state index in [2.05, 4.69) is 45.2 Å². The zero-order chi connectivity index (χ0) is 11.5. The summed E-state index contributed by atoms with van der Waals surface area (Å²) in [6.45, 7) is 4.23. The Labute approximate surface area is 104 Å². The fourth-order valence-electron chi connectivity index (χ4n) is 1.85. The number of carbonyl (C=O) groups excluding carboxylic acids is 1. The number of rotatable bonds is 1. The normalized spacial score (nSPS) is 16.9. The third-order valence-electron chi connectivity index (χ3n) is 2.77. The Bertz CT molecular complexity index is 406. The fraction of sp³-hybridized carbons (Fsp3) is 0.417. The minimum Gasteiger partial charge on any atom is -0.362 e. The number of nitrogens with zero attached hydrogens (tertiary/aromatic N) is 1. The van der Waals surface area contributed by atoms with Crippen molar-refractivity contribution in [3.05, 3.63) is 28.2 Å². The van der Waals surface area contributed by atoms with Gasteiger partial charge in [-0.2, -0.15) is 0 Å². The number of hydrogen-bond donors (Lipinski definition) is 1. The standard InChI is InChI=1S/C12H15BrN2O/c1-9-7-10(3-4-11(9)13)15-6-2-5-14-12(16)8-15/h3-4,7H,2,5-6,8H2,1H3,(H,14,16). The first-order valence-corrected chi connectivity index (χ1v) is 6.24. The van der Waals surface area contributed by atoms with Crippen molar-refractivity contribution < 1.29 is 4.79 Å². The van der Waals surface area contributed by atoms with Crippen LogP contribution in [0.25, 0.3) is 0 Å². The lowest BCUT2D eigenvalue weighted by molar-refractivity contribution is -0.119. The topological polar surface area (TPSA) is 32.3 Å². The first-order chi connectivity index (χ1) is 7.66. The zero-order valence-corrected chi connectivity index (χ0v) is 10.9. The summed E-state index contributed by atoms with van der Waals surface area (Å²) in [6.07, 6.45) is 1.00. The number of carbonyl (C=O) groups is 1. The van der Waals surface area contributed by atoms with Gasteiger partial charge in [-0.1, -0.05) is 15.9 Å². The Morgan fingerprint density at radius 3 is 3.00 bits per heavy atom. The molecule has 0 radical (unpaired) electrons. The summed E-state index contributed by atoms with van der Waals surface area (Å²) in [6, 6.07) is 6.20. The van der Waals surface area contributed by atoms with Crippen LogP contribution in [0.1, 0.15) is 12.0 Å². The van der Waals surface area contributed by atoms with E-state index in [0.717, 1.165) is 29.7 Å². The average molecular weight is 283 g/mol. The van der Waals surface area contributed by atoms with Crippen LogP contribution in [0, 0.1) is 6.92 Å². The number of hydrogen-bond acceptors (Lipinski definition) is 2. The Hall–Kier alpha value is -1.03. The van der Waals surface area contributed by atoms with Crippen LogP contribution >= 0.6 is 15.9 Å². The molecule has 3 nitrogen and oxygen atoms in total. The Morgan fingerprint density at radius 1 is 1.44 bits per heavy atom. The van der Waals surface area contributed by atoms with Crippen LogP contribution in [0.3, 0.4) is 0 Å². The van der Waals surface area contributed by atoms with Crippen molar-refractivity contribution in [1.82, 2.24) is 5.32 Å². The molecule has 1 aliphatic heterocycles. The van der Waals surface area contributed by atoms with Gasteiger partial charge in [-0.15, -0.1) is 0 Å². The van der Waals surface area contributed by atoms with Gasteiger partial charge in [0.15, 0.2) is 0 Å². The average Bonchev–Trinajstić information content (AvgIpc) is 2.47.